The molecule has 0 spiro atoms. The van der Waals surface area contributed by atoms with Gasteiger partial charge in [0, 0.05) is 12.1 Å². The summed E-state index contributed by atoms with van der Waals surface area (Å²) in [6.45, 7) is 0. The fourth-order valence-electron chi connectivity index (χ4n) is 6.00. The Labute approximate surface area is 221 Å². The van der Waals surface area contributed by atoms with Crippen LogP contribution < -0.4 is 0 Å². The van der Waals surface area contributed by atoms with E-state index in [0.717, 1.165) is 24.9 Å². The Balaban J connectivity index is 0.000000222. The molecule has 2 heterocycles. The van der Waals surface area contributed by atoms with Gasteiger partial charge >= 0.3 is 17.9 Å². The minimum atomic E-state index is -2.74. The van der Waals surface area contributed by atoms with Crippen LogP contribution in [0.5, 0.6) is 0 Å². The van der Waals surface area contributed by atoms with Crippen molar-refractivity contribution in [1.82, 2.24) is 4.90 Å². The lowest BCUT2D eigenvalue weighted by Crippen LogP contribution is -2.43. The van der Waals surface area contributed by atoms with Gasteiger partial charge in [-0.3, -0.25) is 9.59 Å². The number of ether oxygens (including phenoxy) is 1. The minimum Gasteiger partial charge on any atom is -0.481 e. The van der Waals surface area contributed by atoms with Gasteiger partial charge in [0.1, 0.15) is 6.10 Å². The second-order valence-electron chi connectivity index (χ2n) is 10.5. The maximum Gasteiger partial charge on any atom is 0.336 e. The number of fused-ring (bicyclic) bond motifs is 4. The normalized spacial score (nSPS) is 22.8. The second-order valence-corrected chi connectivity index (χ2v) is 10.5. The molecule has 3 aliphatic rings. The van der Waals surface area contributed by atoms with Gasteiger partial charge in [0.2, 0.25) is 0 Å². The van der Waals surface area contributed by atoms with E-state index in [1.54, 1.807) is 0 Å². The number of benzene rings is 2. The maximum atomic E-state index is 10.3. The van der Waals surface area contributed by atoms with E-state index in [1.165, 1.54) is 47.9 Å². The van der Waals surface area contributed by atoms with Gasteiger partial charge in [0.25, 0.3) is 0 Å². The predicted octanol–water partition coefficient (Wildman–Crippen LogP) is 3.27. The molecule has 38 heavy (non-hydrogen) atoms. The fraction of sp³-hybridized carbons (Fsp3) is 0.483. The summed E-state index contributed by atoms with van der Waals surface area (Å²) in [6.07, 6.45) is 5.50. The molecule has 0 amide bonds. The molecule has 5 rings (SSSR count). The SMILES string of the molecule is CN1[C@@H]2CC[C@H]1C[C@@H](OC1c3ccccc3CCc3ccccc31)C2.O=C(O)CC(O)(CC(=O)O)C(=O)O. The zero-order chi connectivity index (χ0) is 27.4. The molecule has 0 radical (unpaired) electrons. The molecule has 1 aliphatic carbocycles. The first-order chi connectivity index (χ1) is 18.1. The van der Waals surface area contributed by atoms with E-state index in [-0.39, 0.29) is 6.10 Å². The van der Waals surface area contributed by atoms with Crippen LogP contribution in [0, 0.1) is 0 Å². The van der Waals surface area contributed by atoms with Gasteiger partial charge in [-0.2, -0.15) is 0 Å². The first kappa shape index (κ1) is 27.8. The third kappa shape index (κ3) is 6.23. The number of rotatable bonds is 7. The molecule has 0 unspecified atom stereocenters. The molecule has 2 aromatic carbocycles. The van der Waals surface area contributed by atoms with Crippen LogP contribution in [0.4, 0.5) is 0 Å². The largest absolute Gasteiger partial charge is 0.481 e. The lowest BCUT2D eigenvalue weighted by atomic mass is 9.95. The number of piperidine rings is 1. The molecule has 2 saturated heterocycles. The Morgan fingerprint density at radius 1 is 0.842 bits per heavy atom. The number of aliphatic carboxylic acids is 3. The summed E-state index contributed by atoms with van der Waals surface area (Å²) < 4.78 is 6.87. The number of hydrogen-bond acceptors (Lipinski definition) is 6. The summed E-state index contributed by atoms with van der Waals surface area (Å²) in [5, 5.41) is 33.8. The van der Waals surface area contributed by atoms with Crippen molar-refractivity contribution in [2.45, 2.75) is 81.3 Å². The van der Waals surface area contributed by atoms with E-state index in [2.05, 4.69) is 60.5 Å². The van der Waals surface area contributed by atoms with Crippen molar-refractivity contribution in [3.8, 4) is 0 Å². The Kier molecular flexibility index (Phi) is 8.50. The first-order valence-electron chi connectivity index (χ1n) is 13.0. The van der Waals surface area contributed by atoms with E-state index in [1.807, 2.05) is 0 Å². The van der Waals surface area contributed by atoms with E-state index in [0.29, 0.717) is 6.10 Å². The molecule has 3 atom stereocenters. The molecule has 2 fully saturated rings. The standard InChI is InChI=1S/C23H27NO.C6H8O7/c1-24-18-12-13-19(24)15-20(14-18)25-23-21-8-4-2-6-16(21)10-11-17-7-3-5-9-22(17)23;7-3(8)1-6(13,5(11)12)2-4(9)10/h2-9,18-20,23H,10-15H2,1H3;13H,1-2H2,(H,7,8)(H,9,10)(H,11,12)/t18-,19+,20+;. The highest BCUT2D eigenvalue weighted by Gasteiger charge is 2.41. The predicted molar refractivity (Wildman–Crippen MR) is 138 cm³/mol. The van der Waals surface area contributed by atoms with Crippen molar-refractivity contribution in [1.29, 1.82) is 0 Å². The van der Waals surface area contributed by atoms with Crippen molar-refractivity contribution in [2.75, 3.05) is 7.05 Å². The third-order valence-corrected chi connectivity index (χ3v) is 8.01. The zero-order valence-electron chi connectivity index (χ0n) is 21.5. The van der Waals surface area contributed by atoms with Crippen LogP contribution in [0.2, 0.25) is 0 Å². The van der Waals surface area contributed by atoms with Crippen LogP contribution in [0.3, 0.4) is 0 Å². The maximum absolute atomic E-state index is 10.3. The lowest BCUT2D eigenvalue weighted by molar-refractivity contribution is -0.170. The average molecular weight is 526 g/mol. The number of hydrogen-bond donors (Lipinski definition) is 4. The van der Waals surface area contributed by atoms with Crippen LogP contribution in [-0.4, -0.2) is 74.1 Å². The highest BCUT2D eigenvalue weighted by molar-refractivity contribution is 5.88. The number of aryl methyl sites for hydroxylation is 2. The third-order valence-electron chi connectivity index (χ3n) is 8.01. The monoisotopic (exact) mass is 525 g/mol. The quantitative estimate of drug-likeness (QED) is 0.428. The van der Waals surface area contributed by atoms with Crippen molar-refractivity contribution in [2.24, 2.45) is 0 Å². The van der Waals surface area contributed by atoms with Gasteiger partial charge in [-0.15, -0.1) is 0 Å². The average Bonchev–Trinajstić information content (AvgIpc) is 3.01. The number of carboxylic acid groups (broad SMARTS) is 3. The minimum absolute atomic E-state index is 0.0997. The Morgan fingerprint density at radius 2 is 1.29 bits per heavy atom. The van der Waals surface area contributed by atoms with Crippen LogP contribution in [0.15, 0.2) is 48.5 Å². The highest BCUT2D eigenvalue weighted by atomic mass is 16.5. The summed E-state index contributed by atoms with van der Waals surface area (Å²) in [7, 11) is 2.30. The van der Waals surface area contributed by atoms with E-state index in [9.17, 15) is 14.4 Å². The van der Waals surface area contributed by atoms with Gasteiger partial charge in [0.05, 0.1) is 18.9 Å². The summed E-state index contributed by atoms with van der Waals surface area (Å²) in [6, 6.07) is 19.3. The first-order valence-corrected chi connectivity index (χ1v) is 13.0. The number of aliphatic hydroxyl groups is 1. The van der Waals surface area contributed by atoms with E-state index in [4.69, 9.17) is 25.2 Å². The lowest BCUT2D eigenvalue weighted by Gasteiger charge is -2.38. The smallest absolute Gasteiger partial charge is 0.336 e. The van der Waals surface area contributed by atoms with E-state index >= 15 is 0 Å². The highest BCUT2D eigenvalue weighted by Crippen LogP contribution is 2.41. The van der Waals surface area contributed by atoms with Crippen LogP contribution in [0.1, 0.15) is 66.9 Å². The topological polar surface area (TPSA) is 145 Å². The molecule has 9 nitrogen and oxygen atoms in total. The van der Waals surface area contributed by atoms with E-state index < -0.39 is 36.4 Å². The van der Waals surface area contributed by atoms with Crippen molar-refractivity contribution in [3.63, 3.8) is 0 Å². The summed E-state index contributed by atoms with van der Waals surface area (Å²) >= 11 is 0. The molecule has 0 aromatic heterocycles. The van der Waals surface area contributed by atoms with Gasteiger partial charge < -0.3 is 30.1 Å². The van der Waals surface area contributed by atoms with Crippen molar-refractivity contribution < 1.29 is 39.5 Å². The molecule has 2 aliphatic heterocycles. The van der Waals surface area contributed by atoms with Crippen LogP contribution in [-0.2, 0) is 32.0 Å². The molecule has 2 bridgehead atoms. The molecule has 9 heteroatoms. The Morgan fingerprint density at radius 3 is 1.71 bits per heavy atom. The molecule has 204 valence electrons. The van der Waals surface area contributed by atoms with Gasteiger partial charge in [-0.25, -0.2) is 4.79 Å². The number of nitrogens with zero attached hydrogens (tertiary/aromatic N) is 1. The molecular weight excluding hydrogens is 490 g/mol. The molecule has 2 aromatic rings. The second kappa shape index (κ2) is 11.6. The van der Waals surface area contributed by atoms with Crippen molar-refractivity contribution in [3.05, 3.63) is 70.8 Å². The van der Waals surface area contributed by atoms with Crippen LogP contribution in [0.25, 0.3) is 0 Å². The molecule has 4 N–H and O–H groups in total. The number of carboxylic acids is 3. The number of carbonyl (C=O) groups is 3. The summed E-state index contributed by atoms with van der Waals surface area (Å²) in [5.74, 6) is -5.02. The summed E-state index contributed by atoms with van der Waals surface area (Å²) in [5.41, 5.74) is 2.95. The van der Waals surface area contributed by atoms with Gasteiger partial charge in [0.15, 0.2) is 5.60 Å². The van der Waals surface area contributed by atoms with Gasteiger partial charge in [-0.1, -0.05) is 48.5 Å². The zero-order valence-corrected chi connectivity index (χ0v) is 21.5. The van der Waals surface area contributed by atoms with Crippen LogP contribution >= 0.6 is 0 Å². The summed E-state index contributed by atoms with van der Waals surface area (Å²) in [4.78, 5) is 33.1. The Bertz CT molecular complexity index is 1100. The van der Waals surface area contributed by atoms with Crippen molar-refractivity contribution >= 4 is 17.9 Å². The van der Waals surface area contributed by atoms with Gasteiger partial charge in [-0.05, 0) is 67.8 Å². The molecular formula is C29H35NO8. The Hall–Kier alpha value is -3.27. The fourth-order valence-corrected chi connectivity index (χ4v) is 6.00. The molecule has 0 saturated carbocycles.